The summed E-state index contributed by atoms with van der Waals surface area (Å²) in [5.74, 6) is 1.98. The molecule has 0 aromatic rings. The summed E-state index contributed by atoms with van der Waals surface area (Å²) < 4.78 is 0. The van der Waals surface area contributed by atoms with Gasteiger partial charge >= 0.3 is 0 Å². The first-order valence-corrected chi connectivity index (χ1v) is 10.8. The highest BCUT2D eigenvalue weighted by Gasteiger charge is 2.59. The van der Waals surface area contributed by atoms with Crippen LogP contribution in [0.3, 0.4) is 0 Å². The molecule has 0 aromatic carbocycles. The van der Waals surface area contributed by atoms with E-state index in [0.29, 0.717) is 17.8 Å². The average Bonchev–Trinajstić information content (AvgIpc) is 2.98. The highest BCUT2D eigenvalue weighted by atomic mass is 16.3. The lowest BCUT2D eigenvalue weighted by molar-refractivity contribution is -0.0726. The van der Waals surface area contributed by atoms with E-state index in [1.807, 2.05) is 13.8 Å². The second kappa shape index (κ2) is 6.19. The van der Waals surface area contributed by atoms with Crippen LogP contribution in [0.1, 0.15) is 72.6 Å². The van der Waals surface area contributed by atoms with Crippen LogP contribution >= 0.6 is 0 Å². The number of aliphatic hydroxyl groups excluding tert-OH is 1. The van der Waals surface area contributed by atoms with Crippen LogP contribution in [0.25, 0.3) is 4.85 Å². The van der Waals surface area contributed by atoms with Crippen molar-refractivity contribution in [2.24, 2.45) is 34.5 Å². The maximum absolute atomic E-state index is 10.8. The summed E-state index contributed by atoms with van der Waals surface area (Å²) in [7, 11) is 0. The van der Waals surface area contributed by atoms with Gasteiger partial charge in [-0.1, -0.05) is 31.1 Å². The average molecular weight is 370 g/mol. The van der Waals surface area contributed by atoms with Crippen LogP contribution in [-0.2, 0) is 0 Å². The van der Waals surface area contributed by atoms with Crippen molar-refractivity contribution in [2.75, 3.05) is 6.61 Å². The van der Waals surface area contributed by atoms with Gasteiger partial charge in [0.25, 0.3) is 0 Å². The molecule has 4 rings (SSSR count). The maximum atomic E-state index is 10.8. The summed E-state index contributed by atoms with van der Waals surface area (Å²) in [4.78, 5) is 3.79. The van der Waals surface area contributed by atoms with Gasteiger partial charge in [-0.2, -0.15) is 0 Å². The smallest absolute Gasteiger partial charge is 0.162 e. The Morgan fingerprint density at radius 2 is 1.85 bits per heavy atom. The van der Waals surface area contributed by atoms with Crippen LogP contribution in [0, 0.1) is 41.1 Å². The molecule has 2 N–H and O–H groups in total. The predicted molar refractivity (Wildman–Crippen MR) is 108 cm³/mol. The molecule has 0 radical (unpaired) electrons. The maximum Gasteiger partial charge on any atom is 0.162 e. The van der Waals surface area contributed by atoms with E-state index in [9.17, 15) is 10.2 Å². The van der Waals surface area contributed by atoms with Crippen LogP contribution in [0.4, 0.5) is 0 Å². The molecule has 7 atom stereocenters. The number of nitrogens with zero attached hydrogens (tertiary/aromatic N) is 1. The molecule has 0 aliphatic heterocycles. The van der Waals surface area contributed by atoms with Gasteiger partial charge in [0.05, 0.1) is 12.2 Å². The fourth-order valence-corrected chi connectivity index (χ4v) is 7.76. The van der Waals surface area contributed by atoms with Gasteiger partial charge in [-0.05, 0) is 87.4 Å². The van der Waals surface area contributed by atoms with Crippen molar-refractivity contribution in [3.63, 3.8) is 0 Å². The standard InChI is InChI=1S/C24H35NO2/c1-15(25-5)19-8-9-20-18-7-6-16-13-24(4,27)17(14-26)12-23(16,3)21(18)10-11-22(19,20)2/h13,17-18,20-21,26-27H,6-12,14H2,1-4H3/b19-15-/t17-,18+,20+,21+,22-,23+,24+/m1/s1. The van der Waals surface area contributed by atoms with Gasteiger partial charge in [0, 0.05) is 12.5 Å². The molecule has 148 valence electrons. The quantitative estimate of drug-likeness (QED) is 0.498. The van der Waals surface area contributed by atoms with Crippen LogP contribution in [0.2, 0.25) is 0 Å². The molecule has 3 saturated carbocycles. The second-order valence-electron chi connectivity index (χ2n) is 10.5. The monoisotopic (exact) mass is 369 g/mol. The molecule has 0 aromatic heterocycles. The Hall–Kier alpha value is -1.11. The fourth-order valence-electron chi connectivity index (χ4n) is 7.76. The van der Waals surface area contributed by atoms with Crippen LogP contribution < -0.4 is 0 Å². The SMILES string of the molecule is [C-]#[N+]/C(C)=C1/CC[C@H]2[C@@H]3CCC4=C[C@](C)(O)[C@@H](CO)C[C@]4(C)[C@H]3CC[C@]12C. The van der Waals surface area contributed by atoms with E-state index in [1.165, 1.54) is 36.8 Å². The Bertz CT molecular complexity index is 742. The molecular weight excluding hydrogens is 334 g/mol. The molecule has 0 amide bonds. The molecule has 4 aliphatic rings. The van der Waals surface area contributed by atoms with Crippen molar-refractivity contribution in [1.82, 2.24) is 0 Å². The van der Waals surface area contributed by atoms with Crippen LogP contribution in [-0.4, -0.2) is 22.4 Å². The van der Waals surface area contributed by atoms with E-state index in [0.717, 1.165) is 25.0 Å². The minimum atomic E-state index is -0.879. The van der Waals surface area contributed by atoms with Crippen molar-refractivity contribution in [1.29, 1.82) is 0 Å². The van der Waals surface area contributed by atoms with E-state index in [1.54, 1.807) is 0 Å². The van der Waals surface area contributed by atoms with Gasteiger partial charge in [0.2, 0.25) is 0 Å². The minimum Gasteiger partial charge on any atom is -0.396 e. The first-order chi connectivity index (χ1) is 12.7. The molecule has 3 fully saturated rings. The fraction of sp³-hybridized carbons (Fsp3) is 0.792. The molecule has 0 bridgehead atoms. The number of hydrogen-bond donors (Lipinski definition) is 2. The summed E-state index contributed by atoms with van der Waals surface area (Å²) in [5.41, 5.74) is 3.26. The molecule has 27 heavy (non-hydrogen) atoms. The number of hydrogen-bond acceptors (Lipinski definition) is 2. The second-order valence-corrected chi connectivity index (χ2v) is 10.5. The summed E-state index contributed by atoms with van der Waals surface area (Å²) in [6, 6.07) is 0. The molecular formula is C24H35NO2. The minimum absolute atomic E-state index is 0.0575. The zero-order chi connectivity index (χ0) is 19.6. The largest absolute Gasteiger partial charge is 0.396 e. The first kappa shape index (κ1) is 19.2. The lowest BCUT2D eigenvalue weighted by Gasteiger charge is -2.59. The van der Waals surface area contributed by atoms with E-state index in [4.69, 9.17) is 6.57 Å². The van der Waals surface area contributed by atoms with Crippen molar-refractivity contribution < 1.29 is 10.2 Å². The topological polar surface area (TPSA) is 44.8 Å². The lowest BCUT2D eigenvalue weighted by atomic mass is 9.46. The van der Waals surface area contributed by atoms with Crippen molar-refractivity contribution in [2.45, 2.75) is 78.2 Å². The molecule has 0 spiro atoms. The molecule has 0 unspecified atom stereocenters. The summed E-state index contributed by atoms with van der Waals surface area (Å²) in [6.45, 7) is 16.3. The van der Waals surface area contributed by atoms with E-state index >= 15 is 0 Å². The van der Waals surface area contributed by atoms with Gasteiger partial charge in [-0.3, -0.25) is 0 Å². The van der Waals surface area contributed by atoms with Crippen LogP contribution in [0.15, 0.2) is 22.9 Å². The first-order valence-electron chi connectivity index (χ1n) is 10.8. The highest BCUT2D eigenvalue weighted by molar-refractivity contribution is 5.34. The number of aliphatic hydroxyl groups is 2. The van der Waals surface area contributed by atoms with Crippen molar-refractivity contribution in [3.8, 4) is 0 Å². The van der Waals surface area contributed by atoms with E-state index < -0.39 is 5.60 Å². The van der Waals surface area contributed by atoms with Gasteiger partial charge in [0.15, 0.2) is 5.70 Å². The number of fused-ring (bicyclic) bond motifs is 5. The normalized spacial score (nSPS) is 50.8. The van der Waals surface area contributed by atoms with Crippen molar-refractivity contribution in [3.05, 3.63) is 34.3 Å². The molecule has 4 aliphatic carbocycles. The lowest BCUT2D eigenvalue weighted by Crippen LogP contribution is -2.53. The van der Waals surface area contributed by atoms with Gasteiger partial charge < -0.3 is 10.2 Å². The van der Waals surface area contributed by atoms with Gasteiger partial charge in [0.1, 0.15) is 0 Å². The summed E-state index contributed by atoms with van der Waals surface area (Å²) in [6.07, 6.45) is 10.0. The van der Waals surface area contributed by atoms with Crippen molar-refractivity contribution >= 4 is 0 Å². The van der Waals surface area contributed by atoms with Gasteiger partial charge in [-0.25, -0.2) is 4.85 Å². The third-order valence-electron chi connectivity index (χ3n) is 9.31. The summed E-state index contributed by atoms with van der Waals surface area (Å²) in [5, 5.41) is 20.7. The Kier molecular flexibility index (Phi) is 4.41. The molecule has 0 saturated heterocycles. The van der Waals surface area contributed by atoms with Gasteiger partial charge in [-0.15, -0.1) is 0 Å². The Morgan fingerprint density at radius 1 is 1.15 bits per heavy atom. The van der Waals surface area contributed by atoms with Crippen LogP contribution in [0.5, 0.6) is 0 Å². The molecule has 3 nitrogen and oxygen atoms in total. The van der Waals surface area contributed by atoms with E-state index in [2.05, 4.69) is 24.8 Å². The number of rotatable bonds is 1. The zero-order valence-corrected chi connectivity index (χ0v) is 17.4. The third-order valence-corrected chi connectivity index (χ3v) is 9.31. The molecule has 0 heterocycles. The Balaban J connectivity index is 1.70. The summed E-state index contributed by atoms with van der Waals surface area (Å²) >= 11 is 0. The third kappa shape index (κ3) is 2.60. The Labute approximate surface area is 164 Å². The zero-order valence-electron chi connectivity index (χ0n) is 17.4. The number of allylic oxidation sites excluding steroid dienone is 3. The predicted octanol–water partition coefficient (Wildman–Crippen LogP) is 5.11. The molecule has 3 heteroatoms. The highest BCUT2D eigenvalue weighted by Crippen LogP contribution is 2.67. The van der Waals surface area contributed by atoms with E-state index in [-0.39, 0.29) is 23.4 Å². The Morgan fingerprint density at radius 3 is 2.52 bits per heavy atom.